The quantitative estimate of drug-likeness (QED) is 0.182. The van der Waals surface area contributed by atoms with Crippen molar-refractivity contribution in [3.05, 3.63) is 71.9 Å². The van der Waals surface area contributed by atoms with Crippen molar-refractivity contribution in [2.45, 2.75) is 71.6 Å². The molecule has 2 heterocycles. The van der Waals surface area contributed by atoms with Crippen LogP contribution in [0, 0.1) is 17.8 Å². The molecule has 236 valence electrons. The van der Waals surface area contributed by atoms with Gasteiger partial charge in [0.2, 0.25) is 11.8 Å². The van der Waals surface area contributed by atoms with E-state index >= 15 is 0 Å². The number of hydrogen-bond acceptors (Lipinski definition) is 6. The summed E-state index contributed by atoms with van der Waals surface area (Å²) in [6.07, 6.45) is 6.46. The van der Waals surface area contributed by atoms with E-state index in [0.29, 0.717) is 6.54 Å². The Morgan fingerprint density at radius 2 is 1.70 bits per heavy atom. The molecule has 3 N–H and O–H groups in total. The number of aromatic nitrogens is 1. The van der Waals surface area contributed by atoms with Gasteiger partial charge in [0.25, 0.3) is 5.91 Å². The molecule has 1 aliphatic rings. The maximum absolute atomic E-state index is 14.0. The van der Waals surface area contributed by atoms with Crippen molar-refractivity contribution in [3.63, 3.8) is 0 Å². The van der Waals surface area contributed by atoms with Crippen LogP contribution in [0.3, 0.4) is 0 Å². The van der Waals surface area contributed by atoms with E-state index < -0.39 is 35.7 Å². The first-order valence-electron chi connectivity index (χ1n) is 15.5. The minimum atomic E-state index is -1.47. The lowest BCUT2D eigenvalue weighted by Gasteiger charge is -2.27. The van der Waals surface area contributed by atoms with Crippen LogP contribution in [-0.2, 0) is 48.3 Å². The minimum absolute atomic E-state index is 0.0391. The molecule has 0 saturated carbocycles. The highest BCUT2D eigenvalue weighted by Crippen LogP contribution is 2.26. The summed E-state index contributed by atoms with van der Waals surface area (Å²) < 4.78 is 7.19. The van der Waals surface area contributed by atoms with Crippen LogP contribution in [-0.4, -0.2) is 48.0 Å². The summed E-state index contributed by atoms with van der Waals surface area (Å²) >= 11 is 0. The first-order valence-corrected chi connectivity index (χ1v) is 15.5. The Hall–Kier alpha value is -4.18. The van der Waals surface area contributed by atoms with Crippen LogP contribution in [0.2, 0.25) is 0 Å². The number of nitrogens with one attached hydrogen (secondary N) is 3. The molecule has 1 unspecified atom stereocenters. The van der Waals surface area contributed by atoms with Gasteiger partial charge < -0.3 is 19.9 Å². The van der Waals surface area contributed by atoms with Crippen molar-refractivity contribution in [3.8, 4) is 0 Å². The number of carbonyl (C=O) groups excluding carboxylic acids is 4. The van der Waals surface area contributed by atoms with Gasteiger partial charge in [-0.25, -0.2) is 5.48 Å². The van der Waals surface area contributed by atoms with E-state index in [9.17, 15) is 19.2 Å². The van der Waals surface area contributed by atoms with E-state index in [4.69, 9.17) is 9.57 Å². The number of fused-ring (bicyclic) bond motifs is 5. The van der Waals surface area contributed by atoms with Gasteiger partial charge in [-0.1, -0.05) is 75.2 Å². The largest absolute Gasteiger partial charge is 0.468 e. The molecule has 0 saturated heterocycles. The molecule has 3 aromatic rings. The molecule has 1 aliphatic heterocycles. The van der Waals surface area contributed by atoms with Crippen LogP contribution < -0.4 is 16.1 Å². The molecule has 1 aromatic heterocycles. The van der Waals surface area contributed by atoms with E-state index in [1.54, 1.807) is 0 Å². The van der Waals surface area contributed by atoms with Gasteiger partial charge in [-0.2, -0.15) is 0 Å². The van der Waals surface area contributed by atoms with E-state index in [1.165, 1.54) is 7.11 Å². The Morgan fingerprint density at radius 1 is 0.977 bits per heavy atom. The number of para-hydroxylation sites is 1. The summed E-state index contributed by atoms with van der Waals surface area (Å²) in [7, 11) is 1.18. The number of rotatable bonds is 10. The van der Waals surface area contributed by atoms with Gasteiger partial charge in [0.1, 0.15) is 12.0 Å². The SMILES string of the molecule is COC(=O)C(C(=O)NOCc1ccccc1)[C@@H](CC(C)C)C(=O)N[C@H]1Cc2cn(c3ccccc23)CCCCCCNC1=O. The third-order valence-corrected chi connectivity index (χ3v) is 8.01. The molecule has 2 aromatic carbocycles. The molecule has 44 heavy (non-hydrogen) atoms. The van der Waals surface area contributed by atoms with Crippen LogP contribution in [0.15, 0.2) is 60.8 Å². The van der Waals surface area contributed by atoms with Crippen molar-refractivity contribution >= 4 is 34.6 Å². The third-order valence-electron chi connectivity index (χ3n) is 8.01. The Kier molecular flexibility index (Phi) is 11.9. The fraction of sp³-hybridized carbons (Fsp3) is 0.471. The normalized spacial score (nSPS) is 17.4. The number of carbonyl (C=O) groups is 4. The molecule has 0 spiro atoms. The summed E-state index contributed by atoms with van der Waals surface area (Å²) in [5.41, 5.74) is 5.19. The van der Waals surface area contributed by atoms with Crippen molar-refractivity contribution in [2.24, 2.45) is 17.8 Å². The topological polar surface area (TPSA) is 128 Å². The lowest BCUT2D eigenvalue weighted by molar-refractivity contribution is -0.160. The minimum Gasteiger partial charge on any atom is -0.468 e. The monoisotopic (exact) mass is 604 g/mol. The molecule has 4 rings (SSSR count). The number of esters is 1. The average molecular weight is 605 g/mol. The second kappa shape index (κ2) is 16.0. The zero-order chi connectivity index (χ0) is 31.5. The summed E-state index contributed by atoms with van der Waals surface area (Å²) in [6, 6.07) is 16.4. The number of aryl methyl sites for hydroxylation is 1. The first-order chi connectivity index (χ1) is 21.3. The van der Waals surface area contributed by atoms with Gasteiger partial charge in [-0.3, -0.25) is 24.0 Å². The second-order valence-corrected chi connectivity index (χ2v) is 11.8. The number of hydroxylamine groups is 1. The molecule has 10 nitrogen and oxygen atoms in total. The summed E-state index contributed by atoms with van der Waals surface area (Å²) in [5, 5.41) is 6.92. The Balaban J connectivity index is 1.58. The molecular weight excluding hydrogens is 560 g/mol. The summed E-state index contributed by atoms with van der Waals surface area (Å²) in [5.74, 6) is -5.11. The van der Waals surface area contributed by atoms with Crippen molar-refractivity contribution in [1.82, 2.24) is 20.7 Å². The maximum Gasteiger partial charge on any atom is 0.319 e. The number of benzene rings is 2. The van der Waals surface area contributed by atoms with Crippen molar-refractivity contribution in [2.75, 3.05) is 13.7 Å². The van der Waals surface area contributed by atoms with Gasteiger partial charge >= 0.3 is 5.97 Å². The lowest BCUT2D eigenvalue weighted by Crippen LogP contribution is -2.53. The molecule has 2 bridgehead atoms. The van der Waals surface area contributed by atoms with Crippen molar-refractivity contribution < 1.29 is 28.8 Å². The average Bonchev–Trinajstić information content (AvgIpc) is 3.37. The van der Waals surface area contributed by atoms with Crippen molar-refractivity contribution in [1.29, 1.82) is 0 Å². The number of amides is 3. The molecule has 0 aliphatic carbocycles. The first kappa shape index (κ1) is 32.7. The highest BCUT2D eigenvalue weighted by Gasteiger charge is 2.42. The Morgan fingerprint density at radius 3 is 2.45 bits per heavy atom. The fourth-order valence-electron chi connectivity index (χ4n) is 5.79. The summed E-state index contributed by atoms with van der Waals surface area (Å²) in [4.78, 5) is 59.2. The highest BCUT2D eigenvalue weighted by molar-refractivity contribution is 6.02. The van der Waals surface area contributed by atoms with E-state index in [2.05, 4.69) is 32.9 Å². The predicted molar refractivity (Wildman–Crippen MR) is 167 cm³/mol. The standard InChI is InChI=1S/C34H44N4O6/c1-23(2)19-27(30(34(42)43-3)33(41)37-44-22-24-13-7-6-8-14-24)31(39)36-28-20-25-21-38(29-16-10-9-15-26(25)29)18-12-5-4-11-17-35-32(28)40/h6-10,13-16,21,23,27-28,30H,4-5,11-12,17-20,22H2,1-3H3,(H,35,40)(H,36,39)(H,37,41)/t27-,28+,30?/m1/s1. The van der Waals surface area contributed by atoms with Gasteiger partial charge in [-0.15, -0.1) is 0 Å². The van der Waals surface area contributed by atoms with E-state index in [1.807, 2.05) is 62.4 Å². The predicted octanol–water partition coefficient (Wildman–Crippen LogP) is 4.06. The molecule has 0 fully saturated rings. The zero-order valence-corrected chi connectivity index (χ0v) is 25.8. The smallest absolute Gasteiger partial charge is 0.319 e. The van der Waals surface area contributed by atoms with Crippen LogP contribution in [0.25, 0.3) is 10.9 Å². The van der Waals surface area contributed by atoms with Crippen LogP contribution in [0.5, 0.6) is 0 Å². The molecule has 3 amide bonds. The number of methoxy groups -OCH3 is 1. The lowest BCUT2D eigenvalue weighted by atomic mass is 9.83. The highest BCUT2D eigenvalue weighted by atomic mass is 16.7. The number of hydrogen-bond donors (Lipinski definition) is 3. The van der Waals surface area contributed by atoms with Crippen LogP contribution in [0.4, 0.5) is 0 Å². The van der Waals surface area contributed by atoms with E-state index in [-0.39, 0.29) is 31.3 Å². The Labute approximate surface area is 258 Å². The fourth-order valence-corrected chi connectivity index (χ4v) is 5.79. The molecular formula is C34H44N4O6. The van der Waals surface area contributed by atoms with Gasteiger partial charge in [0.05, 0.1) is 19.6 Å². The zero-order valence-electron chi connectivity index (χ0n) is 25.8. The molecule has 0 radical (unpaired) electrons. The Bertz CT molecular complexity index is 1420. The molecule has 10 heteroatoms. The number of nitrogens with zero attached hydrogens (tertiary/aromatic N) is 1. The van der Waals surface area contributed by atoms with Crippen LogP contribution >= 0.6 is 0 Å². The van der Waals surface area contributed by atoms with Crippen LogP contribution in [0.1, 0.15) is 57.1 Å². The summed E-state index contributed by atoms with van der Waals surface area (Å²) in [6.45, 7) is 5.26. The van der Waals surface area contributed by atoms with Gasteiger partial charge in [0.15, 0.2) is 0 Å². The third kappa shape index (κ3) is 8.69. The second-order valence-electron chi connectivity index (χ2n) is 11.8. The maximum atomic E-state index is 14.0. The molecule has 3 atom stereocenters. The van der Waals surface area contributed by atoms with Gasteiger partial charge in [0, 0.05) is 36.6 Å². The van der Waals surface area contributed by atoms with E-state index in [0.717, 1.165) is 54.3 Å². The van der Waals surface area contributed by atoms with Gasteiger partial charge in [-0.05, 0) is 42.4 Å². The number of ether oxygens (including phenoxy) is 1.